The Hall–Kier alpha value is -3.26. The van der Waals surface area contributed by atoms with Gasteiger partial charge in [0.05, 0.1) is 12.3 Å². The molecule has 0 radical (unpaired) electrons. The minimum atomic E-state index is -0.631. The number of nitrogens with one attached hydrogen (secondary N) is 3. The van der Waals surface area contributed by atoms with Crippen LogP contribution in [0.1, 0.15) is 13.8 Å². The third-order valence-electron chi connectivity index (χ3n) is 3.22. The predicted octanol–water partition coefficient (Wildman–Crippen LogP) is 3.42. The fourth-order valence-corrected chi connectivity index (χ4v) is 2.30. The number of para-hydroxylation sites is 1. The van der Waals surface area contributed by atoms with E-state index in [1.54, 1.807) is 31.2 Å². The highest BCUT2D eigenvalue weighted by molar-refractivity contribution is 7.82. The first-order chi connectivity index (χ1) is 13.0. The number of benzene rings is 2. The van der Waals surface area contributed by atoms with Crippen molar-refractivity contribution in [2.75, 3.05) is 22.7 Å². The van der Waals surface area contributed by atoms with Crippen LogP contribution in [-0.4, -0.2) is 29.2 Å². The Bertz CT molecular complexity index is 836. The van der Waals surface area contributed by atoms with Gasteiger partial charge in [-0.3, -0.25) is 10.2 Å². The first-order valence-corrected chi connectivity index (χ1v) is 8.65. The van der Waals surface area contributed by atoms with Gasteiger partial charge in [-0.1, -0.05) is 30.4 Å². The zero-order valence-electron chi connectivity index (χ0n) is 15.0. The smallest absolute Gasteiger partial charge is 0.361 e. The molecule has 0 aliphatic heterocycles. The third-order valence-corrected chi connectivity index (χ3v) is 3.51. The highest BCUT2D eigenvalue weighted by Gasteiger charge is 2.19. The number of rotatable bonds is 7. The summed E-state index contributed by atoms with van der Waals surface area (Å²) < 4.78 is 5.03. The molecule has 0 bridgehead atoms. The second kappa shape index (κ2) is 10.0. The molecule has 0 aromatic heterocycles. The Morgan fingerprint density at radius 3 is 2.15 bits per heavy atom. The number of thiocarbonyl (C=S) groups is 1. The molecule has 3 N–H and O–H groups in total. The van der Waals surface area contributed by atoms with E-state index in [9.17, 15) is 9.59 Å². The molecular formula is C19H20N4O3S. The summed E-state index contributed by atoms with van der Waals surface area (Å²) in [5.74, 6) is -0.788. The average Bonchev–Trinajstić information content (AvgIpc) is 2.64. The summed E-state index contributed by atoms with van der Waals surface area (Å²) >= 11 is 5.30. The Labute approximate surface area is 162 Å². The zero-order chi connectivity index (χ0) is 19.6. The minimum Gasteiger partial charge on any atom is -0.461 e. The van der Waals surface area contributed by atoms with Crippen molar-refractivity contribution in [3.8, 4) is 0 Å². The van der Waals surface area contributed by atoms with E-state index in [-0.39, 0.29) is 23.2 Å². The van der Waals surface area contributed by atoms with Gasteiger partial charge in [0.1, 0.15) is 4.99 Å². The highest BCUT2D eigenvalue weighted by atomic mass is 32.1. The second-order valence-corrected chi connectivity index (χ2v) is 5.78. The molecular weight excluding hydrogens is 364 g/mol. The van der Waals surface area contributed by atoms with Crippen molar-refractivity contribution < 1.29 is 14.3 Å². The van der Waals surface area contributed by atoms with E-state index >= 15 is 0 Å². The molecule has 0 aliphatic rings. The summed E-state index contributed by atoms with van der Waals surface area (Å²) in [6.07, 6.45) is 0. The van der Waals surface area contributed by atoms with Crippen molar-refractivity contribution in [2.24, 2.45) is 5.10 Å². The summed E-state index contributed by atoms with van der Waals surface area (Å²) in [7, 11) is 0. The summed E-state index contributed by atoms with van der Waals surface area (Å²) in [5, 5.41) is 9.73. The number of carbonyl (C=O) groups excluding carboxylic acids is 2. The van der Waals surface area contributed by atoms with Gasteiger partial charge in [-0.05, 0) is 43.3 Å². The Morgan fingerprint density at radius 1 is 0.963 bits per heavy atom. The van der Waals surface area contributed by atoms with Crippen molar-refractivity contribution in [1.29, 1.82) is 0 Å². The van der Waals surface area contributed by atoms with Gasteiger partial charge in [0.2, 0.25) is 11.6 Å². The van der Waals surface area contributed by atoms with Crippen LogP contribution in [0, 0.1) is 0 Å². The molecule has 140 valence electrons. The molecule has 0 saturated heterocycles. The summed E-state index contributed by atoms with van der Waals surface area (Å²) in [5.41, 5.74) is 4.75. The van der Waals surface area contributed by atoms with Crippen LogP contribution >= 0.6 is 12.2 Å². The van der Waals surface area contributed by atoms with Crippen molar-refractivity contribution in [2.45, 2.75) is 13.8 Å². The van der Waals surface area contributed by atoms with Crippen LogP contribution in [0.2, 0.25) is 0 Å². The number of amides is 1. The number of esters is 1. The van der Waals surface area contributed by atoms with Crippen LogP contribution in [0.4, 0.5) is 17.1 Å². The normalized spacial score (nSPS) is 10.7. The number of hydrogen-bond donors (Lipinski definition) is 3. The van der Waals surface area contributed by atoms with E-state index in [1.165, 1.54) is 6.92 Å². The molecule has 1 amide bonds. The van der Waals surface area contributed by atoms with Gasteiger partial charge in [-0.15, -0.1) is 0 Å². The molecule has 2 aromatic carbocycles. The lowest BCUT2D eigenvalue weighted by atomic mass is 10.3. The number of carbonyl (C=O) groups is 2. The maximum absolute atomic E-state index is 12.2. The topological polar surface area (TPSA) is 91.8 Å². The summed E-state index contributed by atoms with van der Waals surface area (Å²) in [6.45, 7) is 3.34. The van der Waals surface area contributed by atoms with Gasteiger partial charge in [-0.2, -0.15) is 5.10 Å². The molecule has 0 atom stereocenters. The molecule has 0 aliphatic carbocycles. The number of hydrazone groups is 1. The van der Waals surface area contributed by atoms with Gasteiger partial charge in [0, 0.05) is 18.3 Å². The Morgan fingerprint density at radius 2 is 1.56 bits per heavy atom. The SMILES string of the molecule is CCOC(=O)C(=NNc1ccc(NC(C)=O)cc1)C(=S)Nc1ccccc1. The third kappa shape index (κ3) is 6.52. The zero-order valence-corrected chi connectivity index (χ0v) is 15.8. The molecule has 7 nitrogen and oxygen atoms in total. The monoisotopic (exact) mass is 384 g/mol. The molecule has 2 aromatic rings. The van der Waals surface area contributed by atoms with Gasteiger partial charge in [0.25, 0.3) is 0 Å². The van der Waals surface area contributed by atoms with Crippen LogP contribution in [-0.2, 0) is 14.3 Å². The average molecular weight is 384 g/mol. The first-order valence-electron chi connectivity index (χ1n) is 8.24. The number of anilines is 3. The molecule has 0 unspecified atom stereocenters. The van der Waals surface area contributed by atoms with Crippen LogP contribution in [0.3, 0.4) is 0 Å². The highest BCUT2D eigenvalue weighted by Crippen LogP contribution is 2.14. The number of hydrogen-bond acceptors (Lipinski definition) is 6. The fraction of sp³-hybridized carbons (Fsp3) is 0.158. The maximum Gasteiger partial charge on any atom is 0.361 e. The van der Waals surface area contributed by atoms with Crippen LogP contribution in [0.5, 0.6) is 0 Å². The molecule has 8 heteroatoms. The van der Waals surface area contributed by atoms with Crippen molar-refractivity contribution in [3.05, 3.63) is 54.6 Å². The molecule has 0 saturated carbocycles. The quantitative estimate of drug-likeness (QED) is 0.293. The van der Waals surface area contributed by atoms with Crippen LogP contribution in [0.15, 0.2) is 59.7 Å². The number of ether oxygens (including phenoxy) is 1. The standard InChI is InChI=1S/C19H20N4O3S/c1-3-26-19(25)17(18(27)21-14-7-5-4-6-8-14)23-22-16-11-9-15(10-12-16)20-13(2)24/h4-12,22H,3H2,1-2H3,(H,20,24)(H,21,27). The lowest BCUT2D eigenvalue weighted by Gasteiger charge is -2.11. The number of nitrogens with zero attached hydrogens (tertiary/aromatic N) is 1. The predicted molar refractivity (Wildman–Crippen MR) is 111 cm³/mol. The van der Waals surface area contributed by atoms with Gasteiger partial charge < -0.3 is 15.4 Å². The van der Waals surface area contributed by atoms with Crippen LogP contribution in [0.25, 0.3) is 0 Å². The van der Waals surface area contributed by atoms with Crippen molar-refractivity contribution >= 4 is 51.9 Å². The maximum atomic E-state index is 12.2. The summed E-state index contributed by atoms with van der Waals surface area (Å²) in [6, 6.07) is 16.1. The van der Waals surface area contributed by atoms with Gasteiger partial charge in [0.15, 0.2) is 0 Å². The van der Waals surface area contributed by atoms with Gasteiger partial charge in [-0.25, -0.2) is 4.79 Å². The first kappa shape index (κ1) is 20.1. The lowest BCUT2D eigenvalue weighted by Crippen LogP contribution is -2.31. The summed E-state index contributed by atoms with van der Waals surface area (Å²) in [4.78, 5) is 23.4. The largest absolute Gasteiger partial charge is 0.461 e. The molecule has 0 spiro atoms. The van der Waals surface area contributed by atoms with E-state index in [1.807, 2.05) is 30.3 Å². The fourth-order valence-electron chi connectivity index (χ4n) is 2.05. The van der Waals surface area contributed by atoms with Crippen LogP contribution < -0.4 is 16.1 Å². The molecule has 2 rings (SSSR count). The molecule has 27 heavy (non-hydrogen) atoms. The van der Waals surface area contributed by atoms with Crippen molar-refractivity contribution in [1.82, 2.24) is 0 Å². The van der Waals surface area contributed by atoms with E-state index < -0.39 is 5.97 Å². The van der Waals surface area contributed by atoms with E-state index in [4.69, 9.17) is 17.0 Å². The van der Waals surface area contributed by atoms with Gasteiger partial charge >= 0.3 is 5.97 Å². The molecule has 0 heterocycles. The van der Waals surface area contributed by atoms with E-state index in [0.29, 0.717) is 11.4 Å². The Kier molecular flexibility index (Phi) is 7.45. The van der Waals surface area contributed by atoms with Crippen molar-refractivity contribution in [3.63, 3.8) is 0 Å². The minimum absolute atomic E-state index is 0.0401. The van der Waals surface area contributed by atoms with E-state index in [2.05, 4.69) is 21.2 Å². The lowest BCUT2D eigenvalue weighted by molar-refractivity contribution is -0.134. The second-order valence-electron chi connectivity index (χ2n) is 5.37. The Balaban J connectivity index is 2.14. The molecule has 0 fully saturated rings. The van der Waals surface area contributed by atoms with E-state index in [0.717, 1.165) is 5.69 Å².